The van der Waals surface area contributed by atoms with Gasteiger partial charge >= 0.3 is 0 Å². The van der Waals surface area contributed by atoms with Crippen molar-refractivity contribution in [2.45, 2.75) is 12.8 Å². The zero-order valence-electron chi connectivity index (χ0n) is 19.6. The van der Waals surface area contributed by atoms with Crippen molar-refractivity contribution in [3.05, 3.63) is 60.2 Å². The van der Waals surface area contributed by atoms with Gasteiger partial charge in [0.05, 0.1) is 30.4 Å². The number of rotatable bonds is 5. The molecule has 0 saturated carbocycles. The van der Waals surface area contributed by atoms with Crippen LogP contribution in [0.15, 0.2) is 54.6 Å². The van der Waals surface area contributed by atoms with E-state index in [4.69, 9.17) is 9.72 Å². The maximum absolute atomic E-state index is 13.6. The van der Waals surface area contributed by atoms with E-state index >= 15 is 0 Å². The number of aromatic nitrogens is 1. The number of fused-ring (bicyclic) bond motifs is 1. The summed E-state index contributed by atoms with van der Waals surface area (Å²) in [5.74, 6) is 1.00. The Kier molecular flexibility index (Phi) is 6.45. The van der Waals surface area contributed by atoms with Crippen LogP contribution in [0.4, 0.5) is 0 Å². The Morgan fingerprint density at radius 2 is 1.59 bits per heavy atom. The number of hydrogen-bond acceptors (Lipinski definition) is 5. The summed E-state index contributed by atoms with van der Waals surface area (Å²) in [6.07, 6.45) is 2.21. The molecule has 2 fully saturated rings. The van der Waals surface area contributed by atoms with Gasteiger partial charge in [-0.1, -0.05) is 18.2 Å². The Morgan fingerprint density at radius 1 is 0.882 bits per heavy atom. The van der Waals surface area contributed by atoms with E-state index in [-0.39, 0.29) is 11.8 Å². The van der Waals surface area contributed by atoms with Crippen molar-refractivity contribution in [3.8, 4) is 17.0 Å². The summed E-state index contributed by atoms with van der Waals surface area (Å²) in [6, 6.07) is 17.4. The number of para-hydroxylation sites is 1. The smallest absolute Gasteiger partial charge is 0.254 e. The summed E-state index contributed by atoms with van der Waals surface area (Å²) in [5, 5.41) is 0.858. The molecule has 176 valence electrons. The predicted octanol–water partition coefficient (Wildman–Crippen LogP) is 3.29. The van der Waals surface area contributed by atoms with Crippen molar-refractivity contribution in [1.82, 2.24) is 19.7 Å². The van der Waals surface area contributed by atoms with Gasteiger partial charge in [-0.05, 0) is 49.2 Å². The SMILES string of the molecule is COc1ccc(-c2cc(C(=O)N3CCN(CC(=O)N4CCCC4)CC3)c3ccccc3n2)cc1. The van der Waals surface area contributed by atoms with Gasteiger partial charge in [-0.25, -0.2) is 4.98 Å². The number of pyridine rings is 1. The highest BCUT2D eigenvalue weighted by molar-refractivity contribution is 6.07. The van der Waals surface area contributed by atoms with Gasteiger partial charge in [0.1, 0.15) is 5.75 Å². The highest BCUT2D eigenvalue weighted by Crippen LogP contribution is 2.27. The van der Waals surface area contributed by atoms with Crippen LogP contribution in [0.1, 0.15) is 23.2 Å². The zero-order chi connectivity index (χ0) is 23.5. The first kappa shape index (κ1) is 22.3. The number of nitrogens with zero attached hydrogens (tertiary/aromatic N) is 4. The number of amides is 2. The molecule has 5 rings (SSSR count). The minimum atomic E-state index is 0.0129. The monoisotopic (exact) mass is 458 g/mol. The Bertz CT molecular complexity index is 1180. The van der Waals surface area contributed by atoms with Crippen LogP contribution in [0, 0.1) is 0 Å². The third kappa shape index (κ3) is 4.61. The molecule has 0 unspecified atom stereocenters. The molecule has 0 aliphatic carbocycles. The van der Waals surface area contributed by atoms with Gasteiger partial charge < -0.3 is 14.5 Å². The summed E-state index contributed by atoms with van der Waals surface area (Å²) < 4.78 is 5.27. The summed E-state index contributed by atoms with van der Waals surface area (Å²) in [6.45, 7) is 4.84. The van der Waals surface area contributed by atoms with E-state index < -0.39 is 0 Å². The first-order chi connectivity index (χ1) is 16.6. The van der Waals surface area contributed by atoms with E-state index in [0.29, 0.717) is 38.3 Å². The summed E-state index contributed by atoms with van der Waals surface area (Å²) in [5.41, 5.74) is 3.16. The highest BCUT2D eigenvalue weighted by Gasteiger charge is 2.27. The van der Waals surface area contributed by atoms with Crippen molar-refractivity contribution in [2.24, 2.45) is 0 Å². The fourth-order valence-corrected chi connectivity index (χ4v) is 4.80. The van der Waals surface area contributed by atoms with Crippen LogP contribution in [0.5, 0.6) is 5.75 Å². The van der Waals surface area contributed by atoms with Crippen molar-refractivity contribution >= 4 is 22.7 Å². The number of piperazine rings is 1. The molecular formula is C27H30N4O3. The molecule has 2 saturated heterocycles. The van der Waals surface area contributed by atoms with Crippen molar-refractivity contribution < 1.29 is 14.3 Å². The van der Waals surface area contributed by atoms with Gasteiger partial charge in [0.15, 0.2) is 0 Å². The normalized spacial score (nSPS) is 16.7. The molecule has 7 heteroatoms. The fourth-order valence-electron chi connectivity index (χ4n) is 4.80. The van der Waals surface area contributed by atoms with E-state index in [2.05, 4.69) is 4.90 Å². The fraction of sp³-hybridized carbons (Fsp3) is 0.370. The lowest BCUT2D eigenvalue weighted by Gasteiger charge is -2.35. The van der Waals surface area contributed by atoms with Gasteiger partial charge in [0.25, 0.3) is 5.91 Å². The van der Waals surface area contributed by atoms with E-state index in [9.17, 15) is 9.59 Å². The standard InChI is InChI=1S/C27H30N4O3/c1-34-21-10-8-20(9-11-21)25-18-23(22-6-2-3-7-24(22)28-25)27(33)31-16-14-29(15-17-31)19-26(32)30-12-4-5-13-30/h2-3,6-11,18H,4-5,12-17,19H2,1H3. The molecule has 2 aliphatic heterocycles. The topological polar surface area (TPSA) is 66.0 Å². The summed E-state index contributed by atoms with van der Waals surface area (Å²) in [4.78, 5) is 37.0. The highest BCUT2D eigenvalue weighted by atomic mass is 16.5. The van der Waals surface area contributed by atoms with Crippen molar-refractivity contribution in [2.75, 3.05) is 52.9 Å². The second kappa shape index (κ2) is 9.81. The Morgan fingerprint density at radius 3 is 2.29 bits per heavy atom. The van der Waals surface area contributed by atoms with E-state index in [1.807, 2.05) is 64.4 Å². The van der Waals surface area contributed by atoms with Gasteiger partial charge in [-0.15, -0.1) is 0 Å². The van der Waals surface area contributed by atoms with Crippen LogP contribution in [0.25, 0.3) is 22.2 Å². The Labute approximate surface area is 199 Å². The molecule has 2 aliphatic rings. The second-order valence-corrected chi connectivity index (χ2v) is 8.96. The van der Waals surface area contributed by atoms with Crippen molar-refractivity contribution in [3.63, 3.8) is 0 Å². The summed E-state index contributed by atoms with van der Waals surface area (Å²) in [7, 11) is 1.64. The quantitative estimate of drug-likeness (QED) is 0.587. The summed E-state index contributed by atoms with van der Waals surface area (Å²) >= 11 is 0. The first-order valence-electron chi connectivity index (χ1n) is 12.0. The largest absolute Gasteiger partial charge is 0.497 e. The van der Waals surface area contributed by atoms with Crippen LogP contribution in [0.2, 0.25) is 0 Å². The zero-order valence-corrected chi connectivity index (χ0v) is 19.6. The molecule has 2 amide bonds. The number of likely N-dealkylation sites (tertiary alicyclic amines) is 1. The lowest BCUT2D eigenvalue weighted by molar-refractivity contribution is -0.131. The van der Waals surface area contributed by atoms with Crippen LogP contribution in [0.3, 0.4) is 0 Å². The third-order valence-corrected chi connectivity index (χ3v) is 6.81. The predicted molar refractivity (Wildman–Crippen MR) is 132 cm³/mol. The molecule has 34 heavy (non-hydrogen) atoms. The number of benzene rings is 2. The average molecular weight is 459 g/mol. The van der Waals surface area contributed by atoms with Crippen molar-refractivity contribution in [1.29, 1.82) is 0 Å². The molecule has 0 spiro atoms. The molecule has 3 heterocycles. The molecule has 7 nitrogen and oxygen atoms in total. The number of carbonyl (C=O) groups is 2. The third-order valence-electron chi connectivity index (χ3n) is 6.81. The first-order valence-corrected chi connectivity index (χ1v) is 12.0. The van der Waals surface area contributed by atoms with Gasteiger partial charge in [-0.3, -0.25) is 14.5 Å². The molecule has 0 atom stereocenters. The second-order valence-electron chi connectivity index (χ2n) is 8.96. The molecule has 2 aromatic carbocycles. The molecule has 1 aromatic heterocycles. The van der Waals surface area contributed by atoms with Crippen LogP contribution in [-0.4, -0.2) is 84.4 Å². The number of carbonyl (C=O) groups excluding carboxylic acids is 2. The number of methoxy groups -OCH3 is 1. The number of hydrogen-bond donors (Lipinski definition) is 0. The number of ether oxygens (including phenoxy) is 1. The molecular weight excluding hydrogens is 428 g/mol. The van der Waals surface area contributed by atoms with Crippen LogP contribution < -0.4 is 4.74 Å². The van der Waals surface area contributed by atoms with E-state index in [1.165, 1.54) is 0 Å². The van der Waals surface area contributed by atoms with Gasteiger partial charge in [0, 0.05) is 50.2 Å². The average Bonchev–Trinajstić information content (AvgIpc) is 3.43. The van der Waals surface area contributed by atoms with Crippen LogP contribution >= 0.6 is 0 Å². The van der Waals surface area contributed by atoms with Gasteiger partial charge in [0.2, 0.25) is 5.91 Å². The molecule has 0 radical (unpaired) electrons. The lowest BCUT2D eigenvalue weighted by Crippen LogP contribution is -2.51. The minimum Gasteiger partial charge on any atom is -0.497 e. The minimum absolute atomic E-state index is 0.0129. The maximum atomic E-state index is 13.6. The molecule has 0 N–H and O–H groups in total. The van der Waals surface area contributed by atoms with E-state index in [0.717, 1.165) is 53.8 Å². The molecule has 0 bridgehead atoms. The van der Waals surface area contributed by atoms with E-state index in [1.54, 1.807) is 7.11 Å². The molecule has 3 aromatic rings. The van der Waals surface area contributed by atoms with Gasteiger partial charge in [-0.2, -0.15) is 0 Å². The maximum Gasteiger partial charge on any atom is 0.254 e. The Hall–Kier alpha value is -3.45. The van der Waals surface area contributed by atoms with Crippen LogP contribution in [-0.2, 0) is 4.79 Å². The lowest BCUT2D eigenvalue weighted by atomic mass is 10.0. The Balaban J connectivity index is 1.34.